The lowest BCUT2D eigenvalue weighted by molar-refractivity contribution is 0.284. The first-order valence-electron chi connectivity index (χ1n) is 6.93. The fourth-order valence-electron chi connectivity index (χ4n) is 0.745. The number of aliphatic hydroxyl groups is 1. The molecule has 0 saturated carbocycles. The summed E-state index contributed by atoms with van der Waals surface area (Å²) >= 11 is 0. The highest BCUT2D eigenvalue weighted by Gasteiger charge is 1.89. The maximum atomic E-state index is 8.92. The minimum absolute atomic E-state index is 0.135. The van der Waals surface area contributed by atoms with Gasteiger partial charge in [0.2, 0.25) is 0 Å². The van der Waals surface area contributed by atoms with E-state index >= 15 is 0 Å². The van der Waals surface area contributed by atoms with Crippen LogP contribution in [0.25, 0.3) is 0 Å². The average Bonchev–Trinajstić information content (AvgIpc) is 2.27. The van der Waals surface area contributed by atoms with Crippen LogP contribution >= 0.6 is 0 Å². The molecule has 0 bridgehead atoms. The first-order valence-corrected chi connectivity index (χ1v) is 3.43. The second kappa shape index (κ2) is 4.91. The van der Waals surface area contributed by atoms with Gasteiger partial charge in [-0.15, -0.1) is 0 Å². The Morgan fingerprint density at radius 1 is 1.27 bits per heavy atom. The Kier molecular flexibility index (Phi) is 1.30. The molecule has 0 saturated heterocycles. The van der Waals surface area contributed by atoms with Crippen LogP contribution in [0.15, 0.2) is 30.2 Å². The van der Waals surface area contributed by atoms with Crippen LogP contribution in [-0.2, 0) is 6.42 Å². The van der Waals surface area contributed by atoms with Gasteiger partial charge in [-0.3, -0.25) is 0 Å². The minimum Gasteiger partial charge on any atom is -0.396 e. The van der Waals surface area contributed by atoms with Crippen molar-refractivity contribution in [3.63, 3.8) is 0 Å². The van der Waals surface area contributed by atoms with E-state index in [2.05, 4.69) is 0 Å². The molecule has 60 valence electrons. The van der Waals surface area contributed by atoms with E-state index in [9.17, 15) is 0 Å². The van der Waals surface area contributed by atoms with E-state index < -0.39 is 24.7 Å². The minimum atomic E-state index is -2.30. The van der Waals surface area contributed by atoms with Gasteiger partial charge in [0.25, 0.3) is 0 Å². The van der Waals surface area contributed by atoms with Crippen LogP contribution in [0.5, 0.6) is 0 Å². The SMILES string of the molecule is [2H]c1c([2H])c([2H])c(CCCC([2H])([2H])O)c([2H])c1[2H]. The van der Waals surface area contributed by atoms with Crippen LogP contribution in [0.3, 0.4) is 0 Å². The van der Waals surface area contributed by atoms with Crippen molar-refractivity contribution in [3.05, 3.63) is 35.8 Å². The Morgan fingerprint density at radius 3 is 2.64 bits per heavy atom. The van der Waals surface area contributed by atoms with Crippen molar-refractivity contribution in [2.75, 3.05) is 6.56 Å². The second-order valence-electron chi connectivity index (χ2n) is 2.12. The van der Waals surface area contributed by atoms with Crippen molar-refractivity contribution < 1.29 is 14.7 Å². The van der Waals surface area contributed by atoms with E-state index in [0.717, 1.165) is 0 Å². The monoisotopic (exact) mass is 157 g/mol. The van der Waals surface area contributed by atoms with Crippen LogP contribution in [0.2, 0.25) is 0 Å². The molecule has 1 aromatic rings. The summed E-state index contributed by atoms with van der Waals surface area (Å²) in [6.07, 6.45) is 0.197. The molecule has 1 heteroatoms. The lowest BCUT2D eigenvalue weighted by Crippen LogP contribution is -1.87. The maximum Gasteiger partial charge on any atom is 0.0626 e. The van der Waals surface area contributed by atoms with E-state index in [0.29, 0.717) is 0 Å². The summed E-state index contributed by atoms with van der Waals surface area (Å²) < 4.78 is 51.5. The lowest BCUT2D eigenvalue weighted by Gasteiger charge is -1.97. The van der Waals surface area contributed by atoms with Gasteiger partial charge in [0.05, 0.1) is 9.60 Å². The first kappa shape index (κ1) is 2.91. The molecule has 1 aromatic carbocycles. The molecular formula is C10H14O. The topological polar surface area (TPSA) is 20.2 Å². The zero-order valence-corrected chi connectivity index (χ0v) is 6.07. The maximum absolute atomic E-state index is 8.92. The molecule has 0 aliphatic carbocycles. The zero-order chi connectivity index (χ0) is 14.1. The smallest absolute Gasteiger partial charge is 0.0626 e. The molecular weight excluding hydrogens is 136 g/mol. The summed E-state index contributed by atoms with van der Waals surface area (Å²) in [5.74, 6) is 0. The molecule has 0 aromatic heterocycles. The van der Waals surface area contributed by atoms with Gasteiger partial charge in [0.15, 0.2) is 0 Å². The third-order valence-electron chi connectivity index (χ3n) is 1.27. The quantitative estimate of drug-likeness (QED) is 0.708. The zero-order valence-electron chi connectivity index (χ0n) is 13.1. The van der Waals surface area contributed by atoms with Crippen molar-refractivity contribution in [2.24, 2.45) is 0 Å². The van der Waals surface area contributed by atoms with Crippen LogP contribution in [-0.4, -0.2) is 11.7 Å². The number of hydrogen-bond acceptors (Lipinski definition) is 1. The van der Waals surface area contributed by atoms with Crippen molar-refractivity contribution in [1.29, 1.82) is 0 Å². The highest BCUT2D eigenvalue weighted by Crippen LogP contribution is 2.03. The number of hydrogen-bond donors (Lipinski definition) is 1. The molecule has 1 nitrogen and oxygen atoms in total. The van der Waals surface area contributed by atoms with Gasteiger partial charge in [-0.05, 0) is 24.8 Å². The molecule has 0 fully saturated rings. The number of benzene rings is 1. The van der Waals surface area contributed by atoms with Gasteiger partial charge in [-0.2, -0.15) is 0 Å². The van der Waals surface area contributed by atoms with Gasteiger partial charge >= 0.3 is 0 Å². The van der Waals surface area contributed by atoms with E-state index in [4.69, 9.17) is 14.7 Å². The fraction of sp³-hybridized carbons (Fsp3) is 0.400. The molecule has 0 radical (unpaired) electrons. The van der Waals surface area contributed by atoms with E-state index in [1.165, 1.54) is 0 Å². The summed E-state index contributed by atoms with van der Waals surface area (Å²) in [5, 5.41) is 8.92. The molecule has 0 amide bonds. The molecule has 0 aliphatic heterocycles. The Labute approximate surface area is 77.5 Å². The molecule has 11 heavy (non-hydrogen) atoms. The summed E-state index contributed by atoms with van der Waals surface area (Å²) in [5.41, 5.74) is 0.158. The Balaban J connectivity index is 2.96. The Hall–Kier alpha value is -0.820. The van der Waals surface area contributed by atoms with E-state index in [1.807, 2.05) is 0 Å². The van der Waals surface area contributed by atoms with Crippen LogP contribution < -0.4 is 0 Å². The fourth-order valence-corrected chi connectivity index (χ4v) is 0.745. The summed E-state index contributed by atoms with van der Waals surface area (Å²) in [7, 11) is 0. The second-order valence-corrected chi connectivity index (χ2v) is 2.12. The van der Waals surface area contributed by atoms with Crippen molar-refractivity contribution >= 4 is 0 Å². The van der Waals surface area contributed by atoms with Gasteiger partial charge in [-0.1, -0.05) is 30.2 Å². The summed E-state index contributed by atoms with van der Waals surface area (Å²) in [6.45, 7) is -2.30. The molecule has 0 heterocycles. The third-order valence-corrected chi connectivity index (χ3v) is 1.27. The summed E-state index contributed by atoms with van der Waals surface area (Å²) in [4.78, 5) is 0. The summed E-state index contributed by atoms with van der Waals surface area (Å²) in [6, 6.07) is -1.75. The lowest BCUT2D eigenvalue weighted by atomic mass is 10.1. The predicted octanol–water partition coefficient (Wildman–Crippen LogP) is 2.00. The standard InChI is InChI=1S/C10H14O/c11-9-5-4-8-10-6-2-1-3-7-10/h1-3,6-7,11H,4-5,8-9H2/i1D,2D,3D,6D,7D,9D2. The largest absolute Gasteiger partial charge is 0.396 e. The van der Waals surface area contributed by atoms with Crippen LogP contribution in [0.1, 0.15) is 28.0 Å². The average molecular weight is 157 g/mol. The predicted molar refractivity (Wildman–Crippen MR) is 46.5 cm³/mol. The normalized spacial score (nSPS) is 20.3. The third kappa shape index (κ3) is 3.19. The van der Waals surface area contributed by atoms with Gasteiger partial charge in [0, 0.05) is 6.56 Å². The van der Waals surface area contributed by atoms with Crippen molar-refractivity contribution in [1.82, 2.24) is 0 Å². The van der Waals surface area contributed by atoms with Crippen molar-refractivity contribution in [3.8, 4) is 0 Å². The Bertz CT molecular complexity index is 424. The molecule has 1 rings (SSSR count). The van der Waals surface area contributed by atoms with Gasteiger partial charge in [-0.25, -0.2) is 0 Å². The molecule has 0 aliphatic rings. The highest BCUT2D eigenvalue weighted by molar-refractivity contribution is 5.14. The van der Waals surface area contributed by atoms with E-state index in [1.54, 1.807) is 0 Å². The van der Waals surface area contributed by atoms with Crippen molar-refractivity contribution in [2.45, 2.75) is 19.3 Å². The first-order chi connectivity index (χ1) is 8.15. The molecule has 0 unspecified atom stereocenters. The Morgan fingerprint density at radius 2 is 2.00 bits per heavy atom. The van der Waals surface area contributed by atoms with Gasteiger partial charge in [0.1, 0.15) is 0 Å². The van der Waals surface area contributed by atoms with Gasteiger partial charge < -0.3 is 5.11 Å². The molecule has 0 spiro atoms. The highest BCUT2D eigenvalue weighted by atomic mass is 16.2. The molecule has 0 atom stereocenters. The van der Waals surface area contributed by atoms with Crippen LogP contribution in [0.4, 0.5) is 0 Å². The van der Waals surface area contributed by atoms with E-state index in [-0.39, 0.29) is 36.9 Å². The molecule has 1 N–H and O–H groups in total. The van der Waals surface area contributed by atoms with Crippen LogP contribution in [0, 0.1) is 0 Å². The number of rotatable bonds is 4.